The molecule has 39 heavy (non-hydrogen) atoms. The van der Waals surface area contributed by atoms with Crippen LogP contribution in [0.5, 0.6) is 0 Å². The van der Waals surface area contributed by atoms with Gasteiger partial charge in [-0.2, -0.15) is 0 Å². The first kappa shape index (κ1) is 26.4. The summed E-state index contributed by atoms with van der Waals surface area (Å²) >= 11 is 6.08. The molecule has 0 saturated carbocycles. The highest BCUT2D eigenvalue weighted by molar-refractivity contribution is 6.30. The predicted molar refractivity (Wildman–Crippen MR) is 155 cm³/mol. The van der Waals surface area contributed by atoms with Crippen molar-refractivity contribution in [1.29, 1.82) is 0 Å². The summed E-state index contributed by atoms with van der Waals surface area (Å²) in [5.74, 6) is -0.408. The minimum atomic E-state index is -0.688. The molecule has 7 heteroatoms. The maximum Gasteiger partial charge on any atom is 0.258 e. The van der Waals surface area contributed by atoms with Crippen molar-refractivity contribution < 1.29 is 14.4 Å². The van der Waals surface area contributed by atoms with Crippen LogP contribution in [0.4, 0.5) is 5.69 Å². The van der Waals surface area contributed by atoms with Gasteiger partial charge in [0.05, 0.1) is 5.69 Å². The molecule has 6 nitrogen and oxygen atoms in total. The first-order valence-electron chi connectivity index (χ1n) is 13.1. The Kier molecular flexibility index (Phi) is 7.94. The Labute approximate surface area is 233 Å². The molecule has 5 rings (SSSR count). The molecule has 1 heterocycles. The van der Waals surface area contributed by atoms with Gasteiger partial charge < -0.3 is 15.1 Å². The Morgan fingerprint density at radius 2 is 1.62 bits per heavy atom. The third kappa shape index (κ3) is 5.66. The zero-order valence-electron chi connectivity index (χ0n) is 21.8. The summed E-state index contributed by atoms with van der Waals surface area (Å²) in [6.45, 7) is 0.685. The monoisotopic (exact) mass is 539 g/mol. The fourth-order valence-corrected chi connectivity index (χ4v) is 5.37. The average Bonchev–Trinajstić information content (AvgIpc) is 3.24. The lowest BCUT2D eigenvalue weighted by molar-refractivity contribution is -0.141. The number of halogens is 1. The number of nitrogens with one attached hydrogen (secondary N) is 1. The fourth-order valence-electron chi connectivity index (χ4n) is 5.24. The van der Waals surface area contributed by atoms with Crippen molar-refractivity contribution in [2.45, 2.75) is 31.8 Å². The first-order valence-corrected chi connectivity index (χ1v) is 13.5. The molecule has 4 aromatic carbocycles. The van der Waals surface area contributed by atoms with E-state index in [-0.39, 0.29) is 30.7 Å². The average molecular weight is 540 g/mol. The standard InChI is InChI=1S/C32H30ClN3O3/c1-34-31(38)28(20-22-8-3-2-4-9-22)36(21-23-15-17-25(33)18-16-23)29(37)14-7-19-35-27-13-6-11-24-10-5-12-26(30(24)27)32(35)39/h2-6,8-13,15-18,28H,7,14,19-21H2,1H3,(H,34,38)/t28-/m0/s1. The van der Waals surface area contributed by atoms with Crippen molar-refractivity contribution in [3.05, 3.63) is 113 Å². The van der Waals surface area contributed by atoms with Gasteiger partial charge in [0.25, 0.3) is 5.91 Å². The third-order valence-electron chi connectivity index (χ3n) is 7.21. The van der Waals surface area contributed by atoms with Crippen molar-refractivity contribution in [2.75, 3.05) is 18.5 Å². The molecule has 1 aliphatic heterocycles. The molecule has 0 aliphatic carbocycles. The van der Waals surface area contributed by atoms with Crippen LogP contribution >= 0.6 is 11.6 Å². The maximum absolute atomic E-state index is 13.7. The van der Waals surface area contributed by atoms with E-state index in [0.29, 0.717) is 30.0 Å². The lowest BCUT2D eigenvalue weighted by Crippen LogP contribution is -2.49. The van der Waals surface area contributed by atoms with Crippen LogP contribution < -0.4 is 10.2 Å². The molecule has 198 valence electrons. The molecule has 0 unspecified atom stereocenters. The van der Waals surface area contributed by atoms with Crippen molar-refractivity contribution in [3.8, 4) is 0 Å². The van der Waals surface area contributed by atoms with Gasteiger partial charge in [0, 0.05) is 49.0 Å². The number of likely N-dealkylation sites (N-methyl/N-ethyl adjacent to an activating group) is 1. The highest BCUT2D eigenvalue weighted by Crippen LogP contribution is 2.37. The summed E-state index contributed by atoms with van der Waals surface area (Å²) in [5, 5.41) is 5.33. The lowest BCUT2D eigenvalue weighted by Gasteiger charge is -2.31. The van der Waals surface area contributed by atoms with E-state index >= 15 is 0 Å². The Morgan fingerprint density at radius 3 is 2.33 bits per heavy atom. The Hall–Kier alpha value is -4.16. The van der Waals surface area contributed by atoms with Gasteiger partial charge in [0.2, 0.25) is 11.8 Å². The summed E-state index contributed by atoms with van der Waals surface area (Å²) < 4.78 is 0. The number of benzene rings is 4. The van der Waals surface area contributed by atoms with Gasteiger partial charge in [-0.3, -0.25) is 14.4 Å². The van der Waals surface area contributed by atoms with E-state index in [2.05, 4.69) is 5.32 Å². The largest absolute Gasteiger partial charge is 0.357 e. The van der Waals surface area contributed by atoms with E-state index in [1.165, 1.54) is 0 Å². The number of rotatable bonds is 10. The number of hydrogen-bond donors (Lipinski definition) is 1. The van der Waals surface area contributed by atoms with Crippen LogP contribution in [0.3, 0.4) is 0 Å². The molecule has 0 spiro atoms. The van der Waals surface area contributed by atoms with Crippen LogP contribution in [0.1, 0.15) is 34.3 Å². The molecule has 0 saturated heterocycles. The maximum atomic E-state index is 13.7. The molecule has 4 aromatic rings. The van der Waals surface area contributed by atoms with Crippen LogP contribution in [-0.4, -0.2) is 42.3 Å². The number of carbonyl (C=O) groups is 3. The van der Waals surface area contributed by atoms with Gasteiger partial charge in [0.1, 0.15) is 6.04 Å². The van der Waals surface area contributed by atoms with Gasteiger partial charge in [-0.25, -0.2) is 0 Å². The first-order chi connectivity index (χ1) is 19.0. The summed E-state index contributed by atoms with van der Waals surface area (Å²) in [6.07, 6.45) is 1.06. The van der Waals surface area contributed by atoms with E-state index in [0.717, 1.165) is 27.6 Å². The molecular formula is C32H30ClN3O3. The molecule has 0 aromatic heterocycles. The Balaban J connectivity index is 1.35. The number of amides is 3. The minimum absolute atomic E-state index is 0.0421. The summed E-state index contributed by atoms with van der Waals surface area (Å²) in [7, 11) is 1.59. The van der Waals surface area contributed by atoms with Gasteiger partial charge in [-0.1, -0.05) is 78.3 Å². The summed E-state index contributed by atoms with van der Waals surface area (Å²) in [5.41, 5.74) is 3.42. The fraction of sp³-hybridized carbons (Fsp3) is 0.219. The zero-order chi connectivity index (χ0) is 27.4. The molecule has 1 aliphatic rings. The van der Waals surface area contributed by atoms with E-state index in [9.17, 15) is 14.4 Å². The molecule has 0 fully saturated rings. The Morgan fingerprint density at radius 1 is 0.897 bits per heavy atom. The number of carbonyl (C=O) groups excluding carboxylic acids is 3. The van der Waals surface area contributed by atoms with Crippen molar-refractivity contribution in [1.82, 2.24) is 10.2 Å². The molecule has 0 radical (unpaired) electrons. The third-order valence-corrected chi connectivity index (χ3v) is 7.46. The molecule has 0 bridgehead atoms. The SMILES string of the molecule is CNC(=O)[C@H](Cc1ccccc1)N(Cc1ccc(Cl)cc1)C(=O)CCCN1C(=O)c2cccc3cccc1c23. The quantitative estimate of drug-likeness (QED) is 0.284. The second-order valence-electron chi connectivity index (χ2n) is 9.71. The van der Waals surface area contributed by atoms with E-state index in [4.69, 9.17) is 11.6 Å². The molecule has 1 atom stereocenters. The zero-order valence-corrected chi connectivity index (χ0v) is 22.5. The smallest absolute Gasteiger partial charge is 0.258 e. The van der Waals surface area contributed by atoms with E-state index < -0.39 is 6.04 Å². The van der Waals surface area contributed by atoms with Crippen LogP contribution in [-0.2, 0) is 22.6 Å². The summed E-state index contributed by atoms with van der Waals surface area (Å²) in [6, 6.07) is 27.9. The number of anilines is 1. The predicted octanol–water partition coefficient (Wildman–Crippen LogP) is 5.62. The lowest BCUT2D eigenvalue weighted by atomic mass is 10.0. The second-order valence-corrected chi connectivity index (χ2v) is 10.1. The van der Waals surface area contributed by atoms with Crippen LogP contribution in [0.25, 0.3) is 10.8 Å². The van der Waals surface area contributed by atoms with Gasteiger partial charge in [-0.05, 0) is 47.2 Å². The highest BCUT2D eigenvalue weighted by atomic mass is 35.5. The van der Waals surface area contributed by atoms with Crippen LogP contribution in [0.2, 0.25) is 5.02 Å². The van der Waals surface area contributed by atoms with E-state index in [1.807, 2.05) is 78.9 Å². The van der Waals surface area contributed by atoms with Gasteiger partial charge in [0.15, 0.2) is 0 Å². The van der Waals surface area contributed by atoms with E-state index in [1.54, 1.807) is 29.0 Å². The van der Waals surface area contributed by atoms with Crippen molar-refractivity contribution in [3.63, 3.8) is 0 Å². The summed E-state index contributed by atoms with van der Waals surface area (Å²) in [4.78, 5) is 43.4. The Bertz CT molecular complexity index is 1500. The number of hydrogen-bond acceptors (Lipinski definition) is 3. The molecule has 3 amide bonds. The second kappa shape index (κ2) is 11.7. The van der Waals surface area contributed by atoms with Crippen LogP contribution in [0.15, 0.2) is 91.0 Å². The number of nitrogens with zero attached hydrogens (tertiary/aromatic N) is 2. The topological polar surface area (TPSA) is 69.7 Å². The van der Waals surface area contributed by atoms with Gasteiger partial charge in [-0.15, -0.1) is 0 Å². The van der Waals surface area contributed by atoms with Crippen molar-refractivity contribution >= 4 is 45.8 Å². The van der Waals surface area contributed by atoms with Crippen LogP contribution in [0, 0.1) is 0 Å². The van der Waals surface area contributed by atoms with Crippen molar-refractivity contribution in [2.24, 2.45) is 0 Å². The normalized spacial score (nSPS) is 13.0. The minimum Gasteiger partial charge on any atom is -0.357 e. The molecule has 1 N–H and O–H groups in total. The molecular weight excluding hydrogens is 510 g/mol. The highest BCUT2D eigenvalue weighted by Gasteiger charge is 2.31. The van der Waals surface area contributed by atoms with Gasteiger partial charge >= 0.3 is 0 Å².